The van der Waals surface area contributed by atoms with E-state index in [4.69, 9.17) is 5.11 Å². The number of aryl methyl sites for hydroxylation is 1. The van der Waals surface area contributed by atoms with Gasteiger partial charge in [0, 0.05) is 11.8 Å². The summed E-state index contributed by atoms with van der Waals surface area (Å²) in [7, 11) is 0. The zero-order valence-corrected chi connectivity index (χ0v) is 12.3. The quantitative estimate of drug-likeness (QED) is 0.856. The molecule has 1 amide bonds. The molecule has 1 aromatic carbocycles. The van der Waals surface area contributed by atoms with Gasteiger partial charge in [-0.1, -0.05) is 11.8 Å². The molecule has 0 bridgehead atoms. The van der Waals surface area contributed by atoms with Crippen molar-refractivity contribution in [2.75, 3.05) is 11.9 Å². The number of rotatable bonds is 3. The number of thiophene rings is 1. The minimum atomic E-state index is -0.423. The van der Waals surface area contributed by atoms with E-state index in [2.05, 4.69) is 17.2 Å². The van der Waals surface area contributed by atoms with Crippen molar-refractivity contribution in [1.82, 2.24) is 0 Å². The molecule has 0 unspecified atom stereocenters. The molecule has 0 aliphatic rings. The van der Waals surface area contributed by atoms with Crippen molar-refractivity contribution < 1.29 is 14.3 Å². The third kappa shape index (κ3) is 3.91. The minimum absolute atomic E-state index is 0.0574. The van der Waals surface area contributed by atoms with Crippen LogP contribution >= 0.6 is 11.3 Å². The summed E-state index contributed by atoms with van der Waals surface area (Å²) >= 11 is 1.45. The molecule has 2 N–H and O–H groups in total. The summed E-state index contributed by atoms with van der Waals surface area (Å²) < 4.78 is 13.3. The lowest BCUT2D eigenvalue weighted by atomic mass is 10.1. The fraction of sp³-hybridized carbons (Fsp3) is 0.188. The fourth-order valence-corrected chi connectivity index (χ4v) is 2.55. The third-order valence-electron chi connectivity index (χ3n) is 2.79. The summed E-state index contributed by atoms with van der Waals surface area (Å²) in [6.45, 7) is 1.80. The Kier molecular flexibility index (Phi) is 5.09. The second kappa shape index (κ2) is 7.02. The number of halogens is 1. The van der Waals surface area contributed by atoms with Gasteiger partial charge in [-0.25, -0.2) is 4.39 Å². The van der Waals surface area contributed by atoms with Gasteiger partial charge in [-0.3, -0.25) is 4.79 Å². The highest BCUT2D eigenvalue weighted by Crippen LogP contribution is 2.19. The number of aliphatic hydroxyl groups is 1. The molecule has 0 radical (unpaired) electrons. The number of carbonyl (C=O) groups excluding carboxylic acids is 1. The molecule has 0 aliphatic carbocycles. The van der Waals surface area contributed by atoms with E-state index < -0.39 is 5.82 Å². The van der Waals surface area contributed by atoms with Crippen molar-refractivity contribution >= 4 is 22.9 Å². The number of anilines is 1. The zero-order valence-electron chi connectivity index (χ0n) is 11.4. The van der Waals surface area contributed by atoms with Crippen molar-refractivity contribution in [2.24, 2.45) is 0 Å². The van der Waals surface area contributed by atoms with E-state index in [0.29, 0.717) is 23.2 Å². The van der Waals surface area contributed by atoms with Gasteiger partial charge in [0.2, 0.25) is 0 Å². The number of hydrogen-bond acceptors (Lipinski definition) is 3. The van der Waals surface area contributed by atoms with Crippen LogP contribution in [0.2, 0.25) is 0 Å². The number of amides is 1. The average Bonchev–Trinajstić information content (AvgIpc) is 2.88. The minimum Gasteiger partial charge on any atom is -0.395 e. The first-order chi connectivity index (χ1) is 10.1. The predicted molar refractivity (Wildman–Crippen MR) is 82.0 cm³/mol. The maximum Gasteiger partial charge on any atom is 0.256 e. The predicted octanol–water partition coefficient (Wildman–Crippen LogP) is 3.18. The molecule has 108 valence electrons. The smallest absolute Gasteiger partial charge is 0.256 e. The van der Waals surface area contributed by atoms with E-state index in [1.807, 2.05) is 12.3 Å². The van der Waals surface area contributed by atoms with Gasteiger partial charge in [-0.15, -0.1) is 0 Å². The number of hydrogen-bond donors (Lipinski definition) is 2. The monoisotopic (exact) mass is 303 g/mol. The first kappa shape index (κ1) is 15.2. The van der Waals surface area contributed by atoms with Crippen LogP contribution in [0.5, 0.6) is 0 Å². The first-order valence-corrected chi connectivity index (χ1v) is 7.29. The van der Waals surface area contributed by atoms with Gasteiger partial charge in [-0.2, -0.15) is 11.3 Å². The number of benzene rings is 1. The summed E-state index contributed by atoms with van der Waals surface area (Å²) in [6, 6.07) is 4.02. The molecule has 1 heterocycles. The summed E-state index contributed by atoms with van der Waals surface area (Å²) in [5.41, 5.74) is 2.34. The molecule has 2 aromatic rings. The Balaban J connectivity index is 2.26. The van der Waals surface area contributed by atoms with E-state index >= 15 is 0 Å². The third-order valence-corrected chi connectivity index (χ3v) is 3.65. The zero-order chi connectivity index (χ0) is 15.2. The van der Waals surface area contributed by atoms with Crippen LogP contribution in [0.15, 0.2) is 29.0 Å². The highest BCUT2D eigenvalue weighted by Gasteiger charge is 2.12. The molecular formula is C16H14FNO2S. The SMILES string of the molecule is Cc1cscc1C(=O)Nc1ccc(F)cc1C#CCCO. The lowest BCUT2D eigenvalue weighted by Crippen LogP contribution is -2.13. The number of aliphatic hydroxyl groups excluding tert-OH is 1. The van der Waals surface area contributed by atoms with Crippen LogP contribution in [0.1, 0.15) is 27.9 Å². The van der Waals surface area contributed by atoms with Crippen LogP contribution in [0, 0.1) is 24.6 Å². The van der Waals surface area contributed by atoms with E-state index in [1.54, 1.807) is 5.38 Å². The van der Waals surface area contributed by atoms with Crippen molar-refractivity contribution in [3.8, 4) is 11.8 Å². The van der Waals surface area contributed by atoms with Crippen molar-refractivity contribution in [1.29, 1.82) is 0 Å². The van der Waals surface area contributed by atoms with Gasteiger partial charge in [-0.05, 0) is 36.1 Å². The lowest BCUT2D eigenvalue weighted by Gasteiger charge is -2.07. The molecule has 0 saturated heterocycles. The van der Waals surface area contributed by atoms with E-state index in [1.165, 1.54) is 29.5 Å². The molecule has 0 spiro atoms. The summed E-state index contributed by atoms with van der Waals surface area (Å²) in [5.74, 6) is 4.81. The largest absolute Gasteiger partial charge is 0.395 e. The molecular weight excluding hydrogens is 289 g/mol. The van der Waals surface area contributed by atoms with Gasteiger partial charge in [0.15, 0.2) is 0 Å². The first-order valence-electron chi connectivity index (χ1n) is 6.35. The van der Waals surface area contributed by atoms with E-state index in [-0.39, 0.29) is 12.5 Å². The fourth-order valence-electron chi connectivity index (χ4n) is 1.73. The second-order valence-corrected chi connectivity index (χ2v) is 5.13. The maximum atomic E-state index is 13.3. The Bertz CT molecular complexity index is 713. The Labute approximate surface area is 126 Å². The summed E-state index contributed by atoms with van der Waals surface area (Å²) in [5, 5.41) is 15.1. The standard InChI is InChI=1S/C16H14FNO2S/c1-11-9-21-10-14(11)16(20)18-15-6-5-13(17)8-12(15)4-2-3-7-19/h5-6,8-10,19H,3,7H2,1H3,(H,18,20). The Morgan fingerprint density at radius 1 is 1.43 bits per heavy atom. The van der Waals surface area contributed by atoms with Gasteiger partial charge >= 0.3 is 0 Å². The van der Waals surface area contributed by atoms with Gasteiger partial charge in [0.1, 0.15) is 5.82 Å². The molecule has 3 nitrogen and oxygen atoms in total. The lowest BCUT2D eigenvalue weighted by molar-refractivity contribution is 0.102. The molecule has 0 aliphatic heterocycles. The van der Waals surface area contributed by atoms with E-state index in [0.717, 1.165) is 5.56 Å². The average molecular weight is 303 g/mol. The molecule has 0 fully saturated rings. The van der Waals surface area contributed by atoms with Gasteiger partial charge in [0.25, 0.3) is 5.91 Å². The van der Waals surface area contributed by atoms with Crippen molar-refractivity contribution in [3.63, 3.8) is 0 Å². The van der Waals surface area contributed by atoms with Crippen molar-refractivity contribution in [2.45, 2.75) is 13.3 Å². The van der Waals surface area contributed by atoms with Gasteiger partial charge in [0.05, 0.1) is 23.4 Å². The number of nitrogens with one attached hydrogen (secondary N) is 1. The van der Waals surface area contributed by atoms with Gasteiger partial charge < -0.3 is 10.4 Å². The van der Waals surface area contributed by atoms with Crippen LogP contribution in [0.3, 0.4) is 0 Å². The highest BCUT2D eigenvalue weighted by atomic mass is 32.1. The summed E-state index contributed by atoms with van der Waals surface area (Å²) in [4.78, 5) is 12.2. The molecule has 2 rings (SSSR count). The Hall–Kier alpha value is -2.16. The Morgan fingerprint density at radius 3 is 2.90 bits per heavy atom. The van der Waals surface area contributed by atoms with E-state index in [9.17, 15) is 9.18 Å². The number of carbonyl (C=O) groups is 1. The normalized spacial score (nSPS) is 9.86. The Morgan fingerprint density at radius 2 is 2.24 bits per heavy atom. The van der Waals surface area contributed by atoms with Crippen LogP contribution in [0.25, 0.3) is 0 Å². The van der Waals surface area contributed by atoms with Crippen LogP contribution in [0.4, 0.5) is 10.1 Å². The molecule has 1 aromatic heterocycles. The molecule has 0 atom stereocenters. The molecule has 5 heteroatoms. The summed E-state index contributed by atoms with van der Waals surface area (Å²) in [6.07, 6.45) is 0.299. The van der Waals surface area contributed by atoms with Crippen LogP contribution < -0.4 is 5.32 Å². The van der Waals surface area contributed by atoms with Crippen molar-refractivity contribution in [3.05, 3.63) is 51.5 Å². The molecule has 21 heavy (non-hydrogen) atoms. The topological polar surface area (TPSA) is 49.3 Å². The van der Waals surface area contributed by atoms with Crippen LogP contribution in [-0.2, 0) is 0 Å². The highest BCUT2D eigenvalue weighted by molar-refractivity contribution is 7.08. The second-order valence-electron chi connectivity index (χ2n) is 4.39. The molecule has 0 saturated carbocycles. The van der Waals surface area contributed by atoms with Crippen LogP contribution in [-0.4, -0.2) is 17.6 Å². The maximum absolute atomic E-state index is 13.3.